The van der Waals surface area contributed by atoms with Crippen LogP contribution in [0.5, 0.6) is 0 Å². The quantitative estimate of drug-likeness (QED) is 0.781. The van der Waals surface area contributed by atoms with Crippen molar-refractivity contribution in [3.63, 3.8) is 0 Å². The van der Waals surface area contributed by atoms with Crippen LogP contribution < -0.4 is 5.32 Å². The molecular formula is C19H21NO4. The van der Waals surface area contributed by atoms with Gasteiger partial charge in [0, 0.05) is 6.54 Å². The molecular weight excluding hydrogens is 306 g/mol. The highest BCUT2D eigenvalue weighted by atomic mass is 16.5. The molecule has 0 aliphatic heterocycles. The lowest BCUT2D eigenvalue weighted by Gasteiger charge is -2.13. The van der Waals surface area contributed by atoms with E-state index in [-0.39, 0.29) is 11.5 Å². The van der Waals surface area contributed by atoms with Gasteiger partial charge in [0.2, 0.25) is 5.91 Å². The Bertz CT molecular complexity index is 668. The van der Waals surface area contributed by atoms with Gasteiger partial charge in [0.15, 0.2) is 0 Å². The molecule has 1 atom stereocenters. The molecule has 126 valence electrons. The van der Waals surface area contributed by atoms with E-state index in [9.17, 15) is 9.59 Å². The van der Waals surface area contributed by atoms with Crippen molar-refractivity contribution < 1.29 is 19.4 Å². The summed E-state index contributed by atoms with van der Waals surface area (Å²) < 4.78 is 5.56. The number of ether oxygens (including phenoxy) is 1. The molecule has 1 amide bonds. The Morgan fingerprint density at radius 3 is 2.33 bits per heavy atom. The lowest BCUT2D eigenvalue weighted by molar-refractivity contribution is -0.132. The number of rotatable bonds is 8. The monoisotopic (exact) mass is 327 g/mol. The maximum Gasteiger partial charge on any atom is 0.335 e. The first-order valence-electron chi connectivity index (χ1n) is 7.81. The maximum absolute atomic E-state index is 12.0. The van der Waals surface area contributed by atoms with Crippen molar-refractivity contribution in [3.05, 3.63) is 71.3 Å². The summed E-state index contributed by atoms with van der Waals surface area (Å²) >= 11 is 0. The highest BCUT2D eigenvalue weighted by Crippen LogP contribution is 2.06. The van der Waals surface area contributed by atoms with Crippen LogP contribution in [0, 0.1) is 0 Å². The second-order valence-corrected chi connectivity index (χ2v) is 5.48. The molecule has 2 N–H and O–H groups in total. The third kappa shape index (κ3) is 5.52. The van der Waals surface area contributed by atoms with Gasteiger partial charge in [-0.3, -0.25) is 4.79 Å². The molecule has 2 aromatic rings. The molecule has 2 rings (SSSR count). The normalized spacial score (nSPS) is 11.7. The van der Waals surface area contributed by atoms with E-state index in [0.29, 0.717) is 19.6 Å². The van der Waals surface area contributed by atoms with Gasteiger partial charge in [0.05, 0.1) is 12.2 Å². The Morgan fingerprint density at radius 1 is 1.04 bits per heavy atom. The van der Waals surface area contributed by atoms with Crippen LogP contribution in [0.25, 0.3) is 0 Å². The lowest BCUT2D eigenvalue weighted by Crippen LogP contribution is -2.35. The highest BCUT2D eigenvalue weighted by Gasteiger charge is 2.12. The average molecular weight is 327 g/mol. The first kappa shape index (κ1) is 17.7. The average Bonchev–Trinajstić information content (AvgIpc) is 2.61. The van der Waals surface area contributed by atoms with Gasteiger partial charge in [-0.2, -0.15) is 0 Å². The molecule has 0 radical (unpaired) electrons. The molecule has 0 heterocycles. The van der Waals surface area contributed by atoms with Crippen LogP contribution in [0.1, 0.15) is 28.4 Å². The SMILES string of the molecule is CC(OCc1ccccc1)C(=O)NCCc1ccc(C(=O)O)cc1. The summed E-state index contributed by atoms with van der Waals surface area (Å²) in [6.07, 6.45) is 0.108. The van der Waals surface area contributed by atoms with Crippen LogP contribution in [-0.4, -0.2) is 29.6 Å². The molecule has 0 spiro atoms. The zero-order chi connectivity index (χ0) is 17.4. The van der Waals surface area contributed by atoms with Gasteiger partial charge in [-0.25, -0.2) is 4.79 Å². The number of nitrogens with one attached hydrogen (secondary N) is 1. The van der Waals surface area contributed by atoms with E-state index in [0.717, 1.165) is 11.1 Å². The highest BCUT2D eigenvalue weighted by molar-refractivity contribution is 5.87. The van der Waals surface area contributed by atoms with Gasteiger partial charge >= 0.3 is 5.97 Å². The number of carboxylic acid groups (broad SMARTS) is 1. The zero-order valence-corrected chi connectivity index (χ0v) is 13.6. The van der Waals surface area contributed by atoms with Crippen LogP contribution in [0.3, 0.4) is 0 Å². The van der Waals surface area contributed by atoms with Crippen LogP contribution in [0.2, 0.25) is 0 Å². The number of benzene rings is 2. The molecule has 0 aliphatic rings. The number of carboxylic acids is 1. The maximum atomic E-state index is 12.0. The summed E-state index contributed by atoms with van der Waals surface area (Å²) in [5.74, 6) is -1.10. The smallest absolute Gasteiger partial charge is 0.335 e. The standard InChI is InChI=1S/C19H21NO4/c1-14(24-13-16-5-3-2-4-6-16)18(21)20-12-11-15-7-9-17(10-8-15)19(22)23/h2-10,14H,11-13H2,1H3,(H,20,21)(H,22,23). The van der Waals surface area contributed by atoms with Crippen molar-refractivity contribution in [2.75, 3.05) is 6.54 Å². The minimum Gasteiger partial charge on any atom is -0.478 e. The molecule has 2 aromatic carbocycles. The second-order valence-electron chi connectivity index (χ2n) is 5.48. The molecule has 0 bridgehead atoms. The Balaban J connectivity index is 1.71. The molecule has 5 heteroatoms. The summed E-state index contributed by atoms with van der Waals surface area (Å²) in [5, 5.41) is 11.7. The van der Waals surface area contributed by atoms with Crippen molar-refractivity contribution in [2.45, 2.75) is 26.1 Å². The topological polar surface area (TPSA) is 75.6 Å². The van der Waals surface area contributed by atoms with E-state index in [2.05, 4.69) is 5.32 Å². The fraction of sp³-hybridized carbons (Fsp3) is 0.263. The Kier molecular flexibility index (Phi) is 6.51. The van der Waals surface area contributed by atoms with Gasteiger partial charge in [0.25, 0.3) is 0 Å². The number of aromatic carboxylic acids is 1. The minimum absolute atomic E-state index is 0.159. The van der Waals surface area contributed by atoms with Gasteiger partial charge in [-0.05, 0) is 36.6 Å². The third-order valence-electron chi connectivity index (χ3n) is 3.63. The van der Waals surface area contributed by atoms with E-state index >= 15 is 0 Å². The first-order valence-corrected chi connectivity index (χ1v) is 7.81. The lowest BCUT2D eigenvalue weighted by atomic mass is 10.1. The van der Waals surface area contributed by atoms with Crippen LogP contribution in [-0.2, 0) is 22.6 Å². The van der Waals surface area contributed by atoms with Gasteiger partial charge < -0.3 is 15.2 Å². The van der Waals surface area contributed by atoms with Gasteiger partial charge in [0.1, 0.15) is 6.10 Å². The van der Waals surface area contributed by atoms with E-state index in [4.69, 9.17) is 9.84 Å². The van der Waals surface area contributed by atoms with E-state index in [1.165, 1.54) is 0 Å². The van der Waals surface area contributed by atoms with Gasteiger partial charge in [-0.15, -0.1) is 0 Å². The minimum atomic E-state index is -0.945. The largest absolute Gasteiger partial charge is 0.478 e. The van der Waals surface area contributed by atoms with Crippen LogP contribution in [0.15, 0.2) is 54.6 Å². The zero-order valence-electron chi connectivity index (χ0n) is 13.6. The fourth-order valence-corrected chi connectivity index (χ4v) is 2.16. The summed E-state index contributed by atoms with van der Waals surface area (Å²) in [7, 11) is 0. The fourth-order valence-electron chi connectivity index (χ4n) is 2.16. The Morgan fingerprint density at radius 2 is 1.71 bits per heavy atom. The second kappa shape index (κ2) is 8.84. The van der Waals surface area contributed by atoms with Crippen molar-refractivity contribution >= 4 is 11.9 Å². The van der Waals surface area contributed by atoms with Crippen molar-refractivity contribution in [1.29, 1.82) is 0 Å². The van der Waals surface area contributed by atoms with E-state index < -0.39 is 12.1 Å². The predicted molar refractivity (Wildman–Crippen MR) is 90.8 cm³/mol. The number of amides is 1. The van der Waals surface area contributed by atoms with Crippen LogP contribution >= 0.6 is 0 Å². The predicted octanol–water partition coefficient (Wildman–Crippen LogP) is 2.65. The number of carbonyl (C=O) groups excluding carboxylic acids is 1. The molecule has 0 aliphatic carbocycles. The van der Waals surface area contributed by atoms with Crippen molar-refractivity contribution in [1.82, 2.24) is 5.32 Å². The van der Waals surface area contributed by atoms with Crippen LogP contribution in [0.4, 0.5) is 0 Å². The molecule has 0 aromatic heterocycles. The molecule has 5 nitrogen and oxygen atoms in total. The molecule has 0 saturated heterocycles. The summed E-state index contributed by atoms with van der Waals surface area (Å²) in [6, 6.07) is 16.3. The molecule has 1 unspecified atom stereocenters. The number of hydrogen-bond acceptors (Lipinski definition) is 3. The van der Waals surface area contributed by atoms with E-state index in [1.807, 2.05) is 30.3 Å². The number of carbonyl (C=O) groups is 2. The van der Waals surface area contributed by atoms with E-state index in [1.54, 1.807) is 31.2 Å². The molecule has 24 heavy (non-hydrogen) atoms. The Hall–Kier alpha value is -2.66. The summed E-state index contributed by atoms with van der Waals surface area (Å²) in [6.45, 7) is 2.59. The van der Waals surface area contributed by atoms with Gasteiger partial charge in [-0.1, -0.05) is 42.5 Å². The summed E-state index contributed by atoms with van der Waals surface area (Å²) in [4.78, 5) is 22.8. The molecule has 0 saturated carbocycles. The molecule has 0 fully saturated rings. The third-order valence-corrected chi connectivity index (χ3v) is 3.63. The van der Waals surface area contributed by atoms with Crippen molar-refractivity contribution in [3.8, 4) is 0 Å². The Labute approximate surface area is 141 Å². The number of hydrogen-bond donors (Lipinski definition) is 2. The van der Waals surface area contributed by atoms with Crippen molar-refractivity contribution in [2.24, 2.45) is 0 Å². The summed E-state index contributed by atoms with van der Waals surface area (Å²) in [5.41, 5.74) is 2.25. The first-order chi connectivity index (χ1) is 11.6.